The number of hydrogen-bond acceptors (Lipinski definition) is 1. The molecule has 2 atom stereocenters. The van der Waals surface area contributed by atoms with E-state index in [1.807, 2.05) is 0 Å². The van der Waals surface area contributed by atoms with Gasteiger partial charge in [0, 0.05) is 10.5 Å². The number of nitrogens with two attached hydrogens (primary N) is 1. The van der Waals surface area contributed by atoms with E-state index >= 15 is 0 Å². The molecule has 2 aromatic carbocycles. The van der Waals surface area contributed by atoms with Crippen molar-refractivity contribution >= 4 is 15.9 Å². The zero-order chi connectivity index (χ0) is 13.9. The molecule has 2 unspecified atom stereocenters. The topological polar surface area (TPSA) is 26.0 Å². The van der Waals surface area contributed by atoms with Gasteiger partial charge in [-0.25, -0.2) is 0 Å². The van der Waals surface area contributed by atoms with Crippen LogP contribution in [-0.2, 0) is 19.3 Å². The van der Waals surface area contributed by atoms with Crippen LogP contribution >= 0.6 is 15.9 Å². The van der Waals surface area contributed by atoms with Gasteiger partial charge in [0.25, 0.3) is 0 Å². The van der Waals surface area contributed by atoms with E-state index in [1.165, 1.54) is 34.0 Å². The summed E-state index contributed by atoms with van der Waals surface area (Å²) in [7, 11) is 0. The normalized spacial score (nSPS) is 19.4. The van der Waals surface area contributed by atoms with Gasteiger partial charge < -0.3 is 5.73 Å². The van der Waals surface area contributed by atoms with Gasteiger partial charge in [-0.3, -0.25) is 0 Å². The molecule has 0 saturated heterocycles. The van der Waals surface area contributed by atoms with Crippen LogP contribution in [0, 0.1) is 5.92 Å². The van der Waals surface area contributed by atoms with Crippen molar-refractivity contribution in [3.05, 3.63) is 69.7 Å². The van der Waals surface area contributed by atoms with Gasteiger partial charge in [-0.05, 0) is 54.4 Å². The Labute approximate surface area is 129 Å². The van der Waals surface area contributed by atoms with Crippen LogP contribution in [0.25, 0.3) is 0 Å². The van der Waals surface area contributed by atoms with Crippen molar-refractivity contribution in [3.63, 3.8) is 0 Å². The van der Waals surface area contributed by atoms with E-state index < -0.39 is 0 Å². The molecule has 2 N–H and O–H groups in total. The summed E-state index contributed by atoms with van der Waals surface area (Å²) < 4.78 is 1.17. The first-order valence-corrected chi connectivity index (χ1v) is 8.09. The molecule has 20 heavy (non-hydrogen) atoms. The summed E-state index contributed by atoms with van der Waals surface area (Å²) in [4.78, 5) is 0. The zero-order valence-electron chi connectivity index (χ0n) is 11.6. The van der Waals surface area contributed by atoms with Gasteiger partial charge in [-0.1, -0.05) is 58.4 Å². The maximum Gasteiger partial charge on any atom is 0.0207 e. The summed E-state index contributed by atoms with van der Waals surface area (Å²) in [5.74, 6) is 0.594. The smallest absolute Gasteiger partial charge is 0.0207 e. The molecule has 0 fully saturated rings. The number of hydrogen-bond donors (Lipinski definition) is 1. The van der Waals surface area contributed by atoms with Gasteiger partial charge >= 0.3 is 0 Å². The largest absolute Gasteiger partial charge is 0.327 e. The molecule has 0 aromatic heterocycles. The van der Waals surface area contributed by atoms with E-state index in [9.17, 15) is 0 Å². The fourth-order valence-electron chi connectivity index (χ4n) is 3.18. The average Bonchev–Trinajstić information content (AvgIpc) is 2.49. The summed E-state index contributed by atoms with van der Waals surface area (Å²) in [5.41, 5.74) is 10.8. The predicted molar refractivity (Wildman–Crippen MR) is 87.8 cm³/mol. The van der Waals surface area contributed by atoms with Crippen molar-refractivity contribution in [3.8, 4) is 0 Å². The first-order chi connectivity index (χ1) is 9.74. The highest BCUT2D eigenvalue weighted by Crippen LogP contribution is 2.29. The molecule has 0 radical (unpaired) electrons. The SMILES string of the molecule is NC(Cc1ccccc1Br)C1CCc2ccccc2C1. The van der Waals surface area contributed by atoms with Crippen molar-refractivity contribution in [1.29, 1.82) is 0 Å². The molecule has 0 bridgehead atoms. The summed E-state index contributed by atoms with van der Waals surface area (Å²) >= 11 is 3.62. The third-order valence-corrected chi connectivity index (χ3v) is 5.18. The molecular formula is C18H20BrN. The highest BCUT2D eigenvalue weighted by molar-refractivity contribution is 9.10. The molecule has 0 heterocycles. The minimum absolute atomic E-state index is 0.238. The van der Waals surface area contributed by atoms with Gasteiger partial charge in [-0.2, -0.15) is 0 Å². The monoisotopic (exact) mass is 329 g/mol. The van der Waals surface area contributed by atoms with E-state index in [0.29, 0.717) is 5.92 Å². The summed E-state index contributed by atoms with van der Waals surface area (Å²) in [6, 6.07) is 17.4. The molecule has 0 saturated carbocycles. The van der Waals surface area contributed by atoms with Crippen LogP contribution in [-0.4, -0.2) is 6.04 Å². The maximum atomic E-state index is 6.49. The van der Waals surface area contributed by atoms with E-state index in [1.54, 1.807) is 0 Å². The minimum atomic E-state index is 0.238. The molecule has 1 nitrogen and oxygen atoms in total. The van der Waals surface area contributed by atoms with E-state index in [0.717, 1.165) is 12.8 Å². The van der Waals surface area contributed by atoms with Gasteiger partial charge in [-0.15, -0.1) is 0 Å². The number of rotatable bonds is 3. The van der Waals surface area contributed by atoms with Gasteiger partial charge in [0.05, 0.1) is 0 Å². The molecule has 0 amide bonds. The number of aryl methyl sites for hydroxylation is 1. The van der Waals surface area contributed by atoms with Crippen molar-refractivity contribution in [2.45, 2.75) is 31.7 Å². The van der Waals surface area contributed by atoms with Crippen LogP contribution < -0.4 is 5.73 Å². The Kier molecular flexibility index (Phi) is 4.23. The van der Waals surface area contributed by atoms with E-state index in [2.05, 4.69) is 64.5 Å². The van der Waals surface area contributed by atoms with Crippen LogP contribution in [0.4, 0.5) is 0 Å². The third kappa shape index (κ3) is 2.97. The fourth-order valence-corrected chi connectivity index (χ4v) is 3.62. The highest BCUT2D eigenvalue weighted by atomic mass is 79.9. The Hall–Kier alpha value is -1.12. The first-order valence-electron chi connectivity index (χ1n) is 7.30. The van der Waals surface area contributed by atoms with Crippen LogP contribution in [0.15, 0.2) is 53.0 Å². The first kappa shape index (κ1) is 13.8. The summed E-state index contributed by atoms with van der Waals surface area (Å²) in [5, 5.41) is 0. The van der Waals surface area contributed by atoms with Gasteiger partial charge in [0.15, 0.2) is 0 Å². The maximum absolute atomic E-state index is 6.49. The van der Waals surface area contributed by atoms with Crippen LogP contribution in [0.2, 0.25) is 0 Å². The molecule has 104 valence electrons. The molecule has 0 spiro atoms. The Morgan fingerprint density at radius 3 is 2.55 bits per heavy atom. The lowest BCUT2D eigenvalue weighted by Gasteiger charge is -2.29. The molecule has 3 rings (SSSR count). The number of halogens is 1. The third-order valence-electron chi connectivity index (χ3n) is 4.40. The van der Waals surface area contributed by atoms with Crippen molar-refractivity contribution < 1.29 is 0 Å². The van der Waals surface area contributed by atoms with Crippen LogP contribution in [0.3, 0.4) is 0 Å². The molecule has 2 aromatic rings. The Balaban J connectivity index is 1.70. The molecule has 0 aliphatic heterocycles. The van der Waals surface area contributed by atoms with Crippen LogP contribution in [0.5, 0.6) is 0 Å². The lowest BCUT2D eigenvalue weighted by Crippen LogP contribution is -2.36. The lowest BCUT2D eigenvalue weighted by molar-refractivity contribution is 0.372. The second kappa shape index (κ2) is 6.11. The van der Waals surface area contributed by atoms with Crippen molar-refractivity contribution in [1.82, 2.24) is 0 Å². The predicted octanol–water partition coefficient (Wildman–Crippen LogP) is 4.12. The quantitative estimate of drug-likeness (QED) is 0.900. The lowest BCUT2D eigenvalue weighted by atomic mass is 9.79. The number of benzene rings is 2. The van der Waals surface area contributed by atoms with Gasteiger partial charge in [0.2, 0.25) is 0 Å². The summed E-state index contributed by atoms with van der Waals surface area (Å²) in [6.45, 7) is 0. The standard InChI is InChI=1S/C18H20BrN/c19-17-8-4-3-7-15(17)12-18(20)16-10-9-13-5-1-2-6-14(13)11-16/h1-8,16,18H,9-12,20H2. The van der Waals surface area contributed by atoms with Crippen molar-refractivity contribution in [2.75, 3.05) is 0 Å². The number of fused-ring (bicyclic) bond motifs is 1. The average molecular weight is 330 g/mol. The highest BCUT2D eigenvalue weighted by Gasteiger charge is 2.24. The minimum Gasteiger partial charge on any atom is -0.327 e. The van der Waals surface area contributed by atoms with E-state index in [4.69, 9.17) is 5.73 Å². The molecular weight excluding hydrogens is 310 g/mol. The molecule has 1 aliphatic rings. The van der Waals surface area contributed by atoms with Crippen molar-refractivity contribution in [2.24, 2.45) is 11.7 Å². The second-order valence-electron chi connectivity index (χ2n) is 5.73. The molecule has 2 heteroatoms. The zero-order valence-corrected chi connectivity index (χ0v) is 13.1. The second-order valence-corrected chi connectivity index (χ2v) is 6.59. The van der Waals surface area contributed by atoms with E-state index in [-0.39, 0.29) is 6.04 Å². The Morgan fingerprint density at radius 2 is 1.75 bits per heavy atom. The Morgan fingerprint density at radius 1 is 1.05 bits per heavy atom. The fraction of sp³-hybridized carbons (Fsp3) is 0.333. The van der Waals surface area contributed by atoms with Gasteiger partial charge in [0.1, 0.15) is 0 Å². The van der Waals surface area contributed by atoms with Crippen LogP contribution in [0.1, 0.15) is 23.1 Å². The Bertz CT molecular complexity index is 593. The molecule has 1 aliphatic carbocycles. The summed E-state index contributed by atoms with van der Waals surface area (Å²) in [6.07, 6.45) is 4.46.